The second-order valence-electron chi connectivity index (χ2n) is 5.20. The number of amides is 1. The van der Waals surface area contributed by atoms with Gasteiger partial charge in [-0.1, -0.05) is 32.1 Å². The molecular weight excluding hydrogens is 236 g/mol. The number of rotatable bonds is 2. The van der Waals surface area contributed by atoms with Crippen molar-refractivity contribution in [3.05, 3.63) is 0 Å². The molecule has 1 amide bonds. The SMILES string of the molecule is Cl.O=C(NC1CCCCCCC1)C1CCCN1. The van der Waals surface area contributed by atoms with Crippen LogP contribution in [0.25, 0.3) is 0 Å². The van der Waals surface area contributed by atoms with E-state index in [-0.39, 0.29) is 24.4 Å². The van der Waals surface area contributed by atoms with Crippen LogP contribution in [0.4, 0.5) is 0 Å². The van der Waals surface area contributed by atoms with Crippen LogP contribution in [0.1, 0.15) is 57.8 Å². The second kappa shape index (κ2) is 7.93. The van der Waals surface area contributed by atoms with E-state index in [4.69, 9.17) is 0 Å². The van der Waals surface area contributed by atoms with E-state index in [1.165, 1.54) is 44.9 Å². The zero-order chi connectivity index (χ0) is 11.2. The Morgan fingerprint density at radius 2 is 1.59 bits per heavy atom. The molecule has 2 N–H and O–H groups in total. The van der Waals surface area contributed by atoms with E-state index >= 15 is 0 Å². The van der Waals surface area contributed by atoms with Crippen LogP contribution in [0.15, 0.2) is 0 Å². The molecule has 4 heteroatoms. The molecule has 1 heterocycles. The minimum absolute atomic E-state index is 0. The van der Waals surface area contributed by atoms with Crippen LogP contribution < -0.4 is 10.6 Å². The van der Waals surface area contributed by atoms with Crippen LogP contribution in [0, 0.1) is 0 Å². The van der Waals surface area contributed by atoms with E-state index in [9.17, 15) is 4.79 Å². The van der Waals surface area contributed by atoms with Gasteiger partial charge in [-0.05, 0) is 32.2 Å². The first kappa shape index (κ1) is 14.8. The van der Waals surface area contributed by atoms with Gasteiger partial charge in [-0.2, -0.15) is 0 Å². The van der Waals surface area contributed by atoms with E-state index in [0.717, 1.165) is 19.4 Å². The molecule has 0 bridgehead atoms. The molecule has 2 fully saturated rings. The van der Waals surface area contributed by atoms with Crippen molar-refractivity contribution in [1.82, 2.24) is 10.6 Å². The van der Waals surface area contributed by atoms with Crippen molar-refractivity contribution < 1.29 is 4.79 Å². The Labute approximate surface area is 111 Å². The number of hydrogen-bond donors (Lipinski definition) is 2. The first-order valence-corrected chi connectivity index (χ1v) is 6.90. The highest BCUT2D eigenvalue weighted by molar-refractivity contribution is 5.85. The molecule has 17 heavy (non-hydrogen) atoms. The lowest BCUT2D eigenvalue weighted by Gasteiger charge is -2.22. The Balaban J connectivity index is 0.00000144. The fourth-order valence-corrected chi connectivity index (χ4v) is 2.81. The zero-order valence-electron chi connectivity index (χ0n) is 10.5. The highest BCUT2D eigenvalue weighted by atomic mass is 35.5. The molecule has 0 aromatic carbocycles. The molecule has 1 saturated carbocycles. The summed E-state index contributed by atoms with van der Waals surface area (Å²) in [6.07, 6.45) is 11.1. The Kier molecular flexibility index (Phi) is 6.90. The molecule has 0 spiro atoms. The van der Waals surface area contributed by atoms with Crippen LogP contribution >= 0.6 is 12.4 Å². The van der Waals surface area contributed by atoms with E-state index in [2.05, 4.69) is 10.6 Å². The quantitative estimate of drug-likeness (QED) is 0.801. The zero-order valence-corrected chi connectivity index (χ0v) is 11.4. The lowest BCUT2D eigenvalue weighted by atomic mass is 9.96. The highest BCUT2D eigenvalue weighted by Gasteiger charge is 2.24. The molecule has 1 atom stereocenters. The van der Waals surface area contributed by atoms with Gasteiger partial charge in [0.2, 0.25) is 5.91 Å². The highest BCUT2D eigenvalue weighted by Crippen LogP contribution is 2.17. The summed E-state index contributed by atoms with van der Waals surface area (Å²) in [4.78, 5) is 11.9. The number of nitrogens with one attached hydrogen (secondary N) is 2. The monoisotopic (exact) mass is 260 g/mol. The van der Waals surface area contributed by atoms with E-state index in [0.29, 0.717) is 6.04 Å². The Morgan fingerprint density at radius 1 is 0.941 bits per heavy atom. The fraction of sp³-hybridized carbons (Fsp3) is 0.923. The normalized spacial score (nSPS) is 26.7. The van der Waals surface area contributed by atoms with Gasteiger partial charge in [-0.25, -0.2) is 0 Å². The summed E-state index contributed by atoms with van der Waals surface area (Å²) in [6, 6.07) is 0.528. The van der Waals surface area contributed by atoms with Crippen molar-refractivity contribution in [3.8, 4) is 0 Å². The van der Waals surface area contributed by atoms with Gasteiger partial charge in [0.25, 0.3) is 0 Å². The van der Waals surface area contributed by atoms with Gasteiger partial charge >= 0.3 is 0 Å². The summed E-state index contributed by atoms with van der Waals surface area (Å²) in [7, 11) is 0. The predicted molar refractivity (Wildman–Crippen MR) is 72.5 cm³/mol. The summed E-state index contributed by atoms with van der Waals surface area (Å²) in [5.41, 5.74) is 0. The van der Waals surface area contributed by atoms with Crippen LogP contribution in [-0.4, -0.2) is 24.5 Å². The van der Waals surface area contributed by atoms with Crippen molar-refractivity contribution in [2.45, 2.75) is 69.9 Å². The lowest BCUT2D eigenvalue weighted by Crippen LogP contribution is -2.45. The van der Waals surface area contributed by atoms with Crippen LogP contribution in [0.2, 0.25) is 0 Å². The Hall–Kier alpha value is -0.280. The predicted octanol–water partition coefficient (Wildman–Crippen LogP) is 2.39. The topological polar surface area (TPSA) is 41.1 Å². The van der Waals surface area contributed by atoms with Crippen LogP contribution in [0.3, 0.4) is 0 Å². The van der Waals surface area contributed by atoms with E-state index in [1.54, 1.807) is 0 Å². The summed E-state index contributed by atoms with van der Waals surface area (Å²) < 4.78 is 0. The van der Waals surface area contributed by atoms with Gasteiger partial charge < -0.3 is 10.6 Å². The van der Waals surface area contributed by atoms with Crippen molar-refractivity contribution in [3.63, 3.8) is 0 Å². The van der Waals surface area contributed by atoms with Gasteiger partial charge in [0, 0.05) is 6.04 Å². The van der Waals surface area contributed by atoms with Crippen molar-refractivity contribution in [2.24, 2.45) is 0 Å². The maximum atomic E-state index is 11.9. The van der Waals surface area contributed by atoms with Gasteiger partial charge in [0.1, 0.15) is 0 Å². The molecule has 0 radical (unpaired) electrons. The third-order valence-electron chi connectivity index (χ3n) is 3.83. The van der Waals surface area contributed by atoms with Crippen LogP contribution in [0.5, 0.6) is 0 Å². The van der Waals surface area contributed by atoms with Crippen molar-refractivity contribution >= 4 is 18.3 Å². The Bertz CT molecular complexity index is 221. The van der Waals surface area contributed by atoms with Crippen molar-refractivity contribution in [2.75, 3.05) is 6.54 Å². The van der Waals surface area contributed by atoms with Gasteiger partial charge in [-0.15, -0.1) is 12.4 Å². The maximum absolute atomic E-state index is 11.9. The summed E-state index contributed by atoms with van der Waals surface area (Å²) in [5.74, 6) is 0.239. The Morgan fingerprint density at radius 3 is 2.18 bits per heavy atom. The minimum atomic E-state index is 0. The third kappa shape index (κ3) is 4.84. The van der Waals surface area contributed by atoms with Crippen molar-refractivity contribution in [1.29, 1.82) is 0 Å². The molecule has 100 valence electrons. The summed E-state index contributed by atoms with van der Waals surface area (Å²) >= 11 is 0. The lowest BCUT2D eigenvalue weighted by molar-refractivity contribution is -0.123. The molecule has 1 aliphatic heterocycles. The number of halogens is 1. The molecule has 0 aromatic heterocycles. The molecule has 1 saturated heterocycles. The average Bonchev–Trinajstić information content (AvgIpc) is 2.74. The number of hydrogen-bond acceptors (Lipinski definition) is 2. The van der Waals surface area contributed by atoms with E-state index < -0.39 is 0 Å². The first-order chi connectivity index (χ1) is 7.86. The van der Waals surface area contributed by atoms with Gasteiger partial charge in [0.05, 0.1) is 6.04 Å². The summed E-state index contributed by atoms with van der Waals surface area (Å²) in [6.45, 7) is 1.00. The smallest absolute Gasteiger partial charge is 0.237 e. The first-order valence-electron chi connectivity index (χ1n) is 6.90. The maximum Gasteiger partial charge on any atom is 0.237 e. The van der Waals surface area contributed by atoms with Crippen LogP contribution in [-0.2, 0) is 4.79 Å². The minimum Gasteiger partial charge on any atom is -0.352 e. The summed E-state index contributed by atoms with van der Waals surface area (Å²) in [5, 5.41) is 6.49. The average molecular weight is 261 g/mol. The molecule has 3 nitrogen and oxygen atoms in total. The molecule has 2 rings (SSSR count). The molecule has 0 aromatic rings. The largest absolute Gasteiger partial charge is 0.352 e. The molecule has 1 aliphatic carbocycles. The molecule has 2 aliphatic rings. The van der Waals surface area contributed by atoms with Gasteiger partial charge in [-0.3, -0.25) is 4.79 Å². The molecular formula is C13H25ClN2O. The third-order valence-corrected chi connectivity index (χ3v) is 3.83. The van der Waals surface area contributed by atoms with Gasteiger partial charge in [0.15, 0.2) is 0 Å². The number of carbonyl (C=O) groups is 1. The molecule has 1 unspecified atom stereocenters. The fourth-order valence-electron chi connectivity index (χ4n) is 2.81. The standard InChI is InChI=1S/C13H24N2O.ClH/c16-13(12-9-6-10-14-12)15-11-7-4-2-1-3-5-8-11;/h11-12,14H,1-10H2,(H,15,16);1H. The van der Waals surface area contributed by atoms with E-state index in [1.807, 2.05) is 0 Å². The second-order valence-corrected chi connectivity index (χ2v) is 5.20. The number of carbonyl (C=O) groups excluding carboxylic acids is 1.